The van der Waals surface area contributed by atoms with Crippen LogP contribution in [0.3, 0.4) is 0 Å². The van der Waals surface area contributed by atoms with Crippen molar-refractivity contribution < 1.29 is 38.1 Å². The average Bonchev–Trinajstić information content (AvgIpc) is 3.08. The number of Topliss-reactive ketones (excluding diaryl/α,β-unsaturated/α-hetero) is 1. The number of ketones is 1. The summed E-state index contributed by atoms with van der Waals surface area (Å²) in [6.07, 6.45) is -2.60. The van der Waals surface area contributed by atoms with Gasteiger partial charge in [0.2, 0.25) is 0 Å². The van der Waals surface area contributed by atoms with E-state index in [0.29, 0.717) is 11.1 Å². The van der Waals surface area contributed by atoms with Crippen LogP contribution in [-0.2, 0) is 28.5 Å². The Morgan fingerprint density at radius 3 is 1.92 bits per heavy atom. The van der Waals surface area contributed by atoms with Crippen LogP contribution >= 0.6 is 0 Å². The van der Waals surface area contributed by atoms with E-state index < -0.39 is 58.8 Å². The molecule has 5 rings (SSSR count). The van der Waals surface area contributed by atoms with E-state index in [4.69, 9.17) is 18.9 Å². The SMILES string of the molecule is CC(=O)O[C@H]1C(=O)C[C@@H](C)[C@]23OC(C)(C)[C@H](C[C@H](OC(=O)c4ccccc4)[C@]12C)[C@H]3OC(=O)c1ccccc1. The van der Waals surface area contributed by atoms with Crippen LogP contribution in [0, 0.1) is 17.3 Å². The van der Waals surface area contributed by atoms with Gasteiger partial charge in [0.1, 0.15) is 17.8 Å². The molecule has 8 nitrogen and oxygen atoms in total. The third kappa shape index (κ3) is 4.16. The van der Waals surface area contributed by atoms with E-state index >= 15 is 0 Å². The molecule has 0 radical (unpaired) electrons. The van der Waals surface area contributed by atoms with Crippen LogP contribution in [0.4, 0.5) is 0 Å². The number of rotatable bonds is 5. The molecule has 39 heavy (non-hydrogen) atoms. The predicted octanol–water partition coefficient (Wildman–Crippen LogP) is 4.55. The van der Waals surface area contributed by atoms with Crippen molar-refractivity contribution in [2.75, 3.05) is 0 Å². The standard InChI is InChI=1S/C31H34O8/c1-18-16-23(33)26(36-19(2)32)30(5)24(37-27(34)20-12-8-6-9-13-20)17-22-25(31(18,30)39-29(22,3)4)38-28(35)21-14-10-7-11-15-21/h6-15,18,22,24-26H,16-17H2,1-5H3/t18-,22-,24+,25-,26+,30-,31-/m1/s1. The third-order valence-corrected chi connectivity index (χ3v) is 8.95. The first-order valence-corrected chi connectivity index (χ1v) is 13.3. The van der Waals surface area contributed by atoms with Crippen LogP contribution in [-0.4, -0.2) is 53.2 Å². The monoisotopic (exact) mass is 534 g/mol. The number of hydrogen-bond acceptors (Lipinski definition) is 8. The fourth-order valence-corrected chi connectivity index (χ4v) is 7.19. The number of fused-ring (bicyclic) bond motifs is 1. The van der Waals surface area contributed by atoms with Crippen LogP contribution in [0.15, 0.2) is 60.7 Å². The minimum atomic E-state index is -1.34. The third-order valence-electron chi connectivity index (χ3n) is 8.95. The lowest BCUT2D eigenvalue weighted by molar-refractivity contribution is -0.273. The smallest absolute Gasteiger partial charge is 0.338 e. The summed E-state index contributed by atoms with van der Waals surface area (Å²) >= 11 is 0. The molecular formula is C31H34O8. The van der Waals surface area contributed by atoms with Crippen LogP contribution in [0.25, 0.3) is 0 Å². The van der Waals surface area contributed by atoms with Gasteiger partial charge in [0.05, 0.1) is 22.1 Å². The van der Waals surface area contributed by atoms with Gasteiger partial charge in [0.25, 0.3) is 0 Å². The Morgan fingerprint density at radius 2 is 1.38 bits per heavy atom. The summed E-state index contributed by atoms with van der Waals surface area (Å²) in [6, 6.07) is 17.3. The highest BCUT2D eigenvalue weighted by Crippen LogP contribution is 2.67. The van der Waals surface area contributed by atoms with Gasteiger partial charge in [-0.15, -0.1) is 0 Å². The number of benzene rings is 2. The first-order valence-electron chi connectivity index (χ1n) is 13.3. The fraction of sp³-hybridized carbons (Fsp3) is 0.484. The second-order valence-electron chi connectivity index (χ2n) is 11.6. The molecule has 0 N–H and O–H groups in total. The van der Waals surface area contributed by atoms with Gasteiger partial charge in [0.15, 0.2) is 11.9 Å². The Morgan fingerprint density at radius 1 is 0.846 bits per heavy atom. The van der Waals surface area contributed by atoms with E-state index in [0.717, 1.165) is 0 Å². The number of carbonyl (C=O) groups is 4. The van der Waals surface area contributed by atoms with Gasteiger partial charge in [-0.05, 0) is 57.4 Å². The predicted molar refractivity (Wildman–Crippen MR) is 140 cm³/mol. The summed E-state index contributed by atoms with van der Waals surface area (Å²) in [5.74, 6) is -2.78. The molecule has 3 fully saturated rings. The van der Waals surface area contributed by atoms with Gasteiger partial charge in [-0.25, -0.2) is 9.59 Å². The summed E-state index contributed by atoms with van der Waals surface area (Å²) in [4.78, 5) is 52.5. The summed E-state index contributed by atoms with van der Waals surface area (Å²) in [7, 11) is 0. The van der Waals surface area contributed by atoms with Gasteiger partial charge < -0.3 is 18.9 Å². The highest BCUT2D eigenvalue weighted by atomic mass is 16.6. The average molecular weight is 535 g/mol. The summed E-state index contributed by atoms with van der Waals surface area (Å²) in [6.45, 7) is 8.72. The maximum atomic E-state index is 13.5. The molecule has 2 aliphatic carbocycles. The molecule has 8 heteroatoms. The van der Waals surface area contributed by atoms with Crippen molar-refractivity contribution in [1.29, 1.82) is 0 Å². The van der Waals surface area contributed by atoms with Gasteiger partial charge in [0, 0.05) is 19.3 Å². The molecule has 2 aromatic carbocycles. The van der Waals surface area contributed by atoms with Crippen molar-refractivity contribution in [3.63, 3.8) is 0 Å². The Hall–Kier alpha value is -3.52. The molecule has 2 aromatic rings. The van der Waals surface area contributed by atoms with E-state index in [9.17, 15) is 19.2 Å². The first-order chi connectivity index (χ1) is 18.4. The van der Waals surface area contributed by atoms with Crippen molar-refractivity contribution >= 4 is 23.7 Å². The minimum Gasteiger partial charge on any atom is -0.458 e. The molecule has 1 heterocycles. The van der Waals surface area contributed by atoms with Crippen molar-refractivity contribution in [2.24, 2.45) is 17.3 Å². The second kappa shape index (κ2) is 9.59. The van der Waals surface area contributed by atoms with Crippen LogP contribution in [0.5, 0.6) is 0 Å². The van der Waals surface area contributed by atoms with Crippen LogP contribution in [0.1, 0.15) is 68.2 Å². The molecule has 7 atom stereocenters. The van der Waals surface area contributed by atoms with E-state index in [1.165, 1.54) is 6.92 Å². The quantitative estimate of drug-likeness (QED) is 0.406. The summed E-state index contributed by atoms with van der Waals surface area (Å²) in [5.41, 5.74) is -2.67. The molecule has 2 saturated carbocycles. The Balaban J connectivity index is 1.64. The molecule has 0 amide bonds. The summed E-state index contributed by atoms with van der Waals surface area (Å²) in [5, 5.41) is 0. The molecule has 0 aromatic heterocycles. The lowest BCUT2D eigenvalue weighted by Crippen LogP contribution is -2.75. The van der Waals surface area contributed by atoms with Gasteiger partial charge in [-0.3, -0.25) is 9.59 Å². The number of ether oxygens (including phenoxy) is 4. The fourth-order valence-electron chi connectivity index (χ4n) is 7.19. The molecular weight excluding hydrogens is 500 g/mol. The normalized spacial score (nSPS) is 34.5. The highest BCUT2D eigenvalue weighted by Gasteiger charge is 2.80. The second-order valence-corrected chi connectivity index (χ2v) is 11.6. The minimum absolute atomic E-state index is 0.0507. The molecule has 3 aliphatic rings. The zero-order valence-corrected chi connectivity index (χ0v) is 22.8. The largest absolute Gasteiger partial charge is 0.458 e. The highest BCUT2D eigenvalue weighted by molar-refractivity contribution is 5.91. The zero-order chi connectivity index (χ0) is 28.2. The summed E-state index contributed by atoms with van der Waals surface area (Å²) < 4.78 is 25.0. The van der Waals surface area contributed by atoms with Gasteiger partial charge in [-0.2, -0.15) is 0 Å². The van der Waals surface area contributed by atoms with Gasteiger partial charge in [-0.1, -0.05) is 43.3 Å². The maximum Gasteiger partial charge on any atom is 0.338 e. The van der Waals surface area contributed by atoms with Crippen LogP contribution < -0.4 is 0 Å². The van der Waals surface area contributed by atoms with Crippen molar-refractivity contribution in [3.8, 4) is 0 Å². The lowest BCUT2D eigenvalue weighted by atomic mass is 9.48. The number of esters is 3. The molecule has 1 aliphatic heterocycles. The first kappa shape index (κ1) is 27.1. The molecule has 2 bridgehead atoms. The lowest BCUT2D eigenvalue weighted by Gasteiger charge is -2.60. The Labute approximate surface area is 228 Å². The topological polar surface area (TPSA) is 105 Å². The molecule has 1 saturated heterocycles. The molecule has 1 spiro atoms. The van der Waals surface area contributed by atoms with Crippen LogP contribution in [0.2, 0.25) is 0 Å². The number of carbonyl (C=O) groups excluding carboxylic acids is 4. The molecule has 0 unspecified atom stereocenters. The van der Waals surface area contributed by atoms with Crippen molar-refractivity contribution in [3.05, 3.63) is 71.8 Å². The van der Waals surface area contributed by atoms with Gasteiger partial charge >= 0.3 is 17.9 Å². The zero-order valence-electron chi connectivity index (χ0n) is 22.8. The van der Waals surface area contributed by atoms with Crippen molar-refractivity contribution in [2.45, 2.75) is 77.0 Å². The maximum absolute atomic E-state index is 13.5. The Bertz CT molecular complexity index is 1290. The molecule has 206 valence electrons. The van der Waals surface area contributed by atoms with E-state index in [-0.39, 0.29) is 24.5 Å². The Kier molecular flexibility index (Phi) is 6.66. The van der Waals surface area contributed by atoms with E-state index in [2.05, 4.69) is 0 Å². The van der Waals surface area contributed by atoms with Crippen molar-refractivity contribution in [1.82, 2.24) is 0 Å². The van der Waals surface area contributed by atoms with E-state index in [1.807, 2.05) is 26.8 Å². The van der Waals surface area contributed by atoms with E-state index in [1.54, 1.807) is 61.5 Å². The number of hydrogen-bond donors (Lipinski definition) is 0.